The molecule has 3 rings (SSSR count). The molecule has 2 aromatic rings. The van der Waals surface area contributed by atoms with Crippen LogP contribution >= 0.6 is 0 Å². The van der Waals surface area contributed by atoms with Crippen LogP contribution in [0.3, 0.4) is 0 Å². The fraction of sp³-hybridized carbons (Fsp3) is 0.412. The van der Waals surface area contributed by atoms with E-state index in [-0.39, 0.29) is 24.3 Å². The molecule has 0 saturated carbocycles. The molecule has 1 saturated heterocycles. The average molecular weight is 332 g/mol. The third kappa shape index (κ3) is 3.47. The highest BCUT2D eigenvalue weighted by atomic mass is 19.1. The minimum atomic E-state index is -0.495. The number of nitrogens with one attached hydrogen (secondary N) is 2. The third-order valence-corrected chi connectivity index (χ3v) is 4.38. The Morgan fingerprint density at radius 2 is 2.12 bits per heavy atom. The van der Waals surface area contributed by atoms with E-state index in [9.17, 15) is 14.3 Å². The summed E-state index contributed by atoms with van der Waals surface area (Å²) in [7, 11) is 0. The van der Waals surface area contributed by atoms with Crippen molar-refractivity contribution in [2.75, 3.05) is 18.4 Å². The average Bonchev–Trinajstić information content (AvgIpc) is 3.05. The maximum absolute atomic E-state index is 13.1. The fourth-order valence-corrected chi connectivity index (χ4v) is 3.18. The van der Waals surface area contributed by atoms with Crippen LogP contribution in [0.4, 0.5) is 10.1 Å². The Morgan fingerprint density at radius 3 is 2.75 bits per heavy atom. The van der Waals surface area contributed by atoms with Crippen LogP contribution < -0.4 is 5.32 Å². The zero-order chi connectivity index (χ0) is 17.3. The summed E-state index contributed by atoms with van der Waals surface area (Å²) in [6, 6.07) is 6.10. The zero-order valence-electron chi connectivity index (χ0n) is 13.7. The number of carbonyl (C=O) groups excluding carboxylic acids is 1. The van der Waals surface area contributed by atoms with Crippen LogP contribution in [0.1, 0.15) is 29.4 Å². The molecule has 1 aromatic heterocycles. The standard InChI is InChI=1S/C17H21FN4O2/c1-10-17(11(2)21-20-10)19-16(24)9-22-8-14(23)7-15(22)12-3-5-13(18)6-4-12/h3-6,14-15,23H,7-9H2,1-2H3,(H,19,24)(H,20,21)/t14-,15+/m1/s1. The molecule has 0 bridgehead atoms. The number of benzene rings is 1. The molecule has 0 radical (unpaired) electrons. The number of aromatic nitrogens is 2. The van der Waals surface area contributed by atoms with Gasteiger partial charge in [-0.25, -0.2) is 4.39 Å². The summed E-state index contributed by atoms with van der Waals surface area (Å²) in [6.07, 6.45) is 0.0353. The van der Waals surface area contributed by atoms with E-state index in [0.29, 0.717) is 18.7 Å². The Morgan fingerprint density at radius 1 is 1.42 bits per heavy atom. The molecule has 0 aliphatic carbocycles. The topological polar surface area (TPSA) is 81.2 Å². The number of β-amino-alcohol motifs (C(OH)–C–C–N with tert-alkyl or cyclic N) is 1. The van der Waals surface area contributed by atoms with Crippen molar-refractivity contribution in [1.82, 2.24) is 15.1 Å². The van der Waals surface area contributed by atoms with Gasteiger partial charge in [0.15, 0.2) is 0 Å². The monoisotopic (exact) mass is 332 g/mol. The molecule has 1 aliphatic heterocycles. The predicted octanol–water partition coefficient (Wildman–Crippen LogP) is 1.91. The summed E-state index contributed by atoms with van der Waals surface area (Å²) in [5, 5.41) is 19.7. The number of H-pyrrole nitrogens is 1. The van der Waals surface area contributed by atoms with Gasteiger partial charge in [-0.15, -0.1) is 0 Å². The highest BCUT2D eigenvalue weighted by Crippen LogP contribution is 2.32. The highest BCUT2D eigenvalue weighted by Gasteiger charge is 2.33. The molecule has 2 heterocycles. The van der Waals surface area contributed by atoms with Gasteiger partial charge in [0.25, 0.3) is 0 Å². The molecule has 1 aromatic carbocycles. The molecule has 6 nitrogen and oxygen atoms in total. The van der Waals surface area contributed by atoms with Gasteiger partial charge in [0, 0.05) is 12.6 Å². The van der Waals surface area contributed by atoms with Gasteiger partial charge < -0.3 is 10.4 Å². The zero-order valence-corrected chi connectivity index (χ0v) is 13.7. The summed E-state index contributed by atoms with van der Waals surface area (Å²) in [6.45, 7) is 4.23. The third-order valence-electron chi connectivity index (χ3n) is 4.38. The maximum atomic E-state index is 13.1. The molecule has 0 spiro atoms. The molecule has 1 fully saturated rings. The van der Waals surface area contributed by atoms with Crippen molar-refractivity contribution in [2.45, 2.75) is 32.4 Å². The smallest absolute Gasteiger partial charge is 0.238 e. The van der Waals surface area contributed by atoms with Gasteiger partial charge in [0.1, 0.15) is 5.82 Å². The molecular formula is C17H21FN4O2. The molecule has 128 valence electrons. The lowest BCUT2D eigenvalue weighted by Crippen LogP contribution is -2.34. The van der Waals surface area contributed by atoms with Gasteiger partial charge in [0.2, 0.25) is 5.91 Å². The number of hydrogen-bond donors (Lipinski definition) is 3. The van der Waals surface area contributed by atoms with E-state index in [0.717, 1.165) is 17.0 Å². The lowest BCUT2D eigenvalue weighted by atomic mass is 10.0. The number of aliphatic hydroxyl groups excluding tert-OH is 1. The largest absolute Gasteiger partial charge is 0.392 e. The van der Waals surface area contributed by atoms with Crippen molar-refractivity contribution in [3.05, 3.63) is 47.0 Å². The van der Waals surface area contributed by atoms with Gasteiger partial charge in [0.05, 0.1) is 29.7 Å². The molecule has 1 amide bonds. The van der Waals surface area contributed by atoms with E-state index in [2.05, 4.69) is 15.5 Å². The first-order valence-corrected chi connectivity index (χ1v) is 7.93. The van der Waals surface area contributed by atoms with Crippen molar-refractivity contribution in [3.8, 4) is 0 Å². The quantitative estimate of drug-likeness (QED) is 0.799. The summed E-state index contributed by atoms with van der Waals surface area (Å²) in [4.78, 5) is 14.3. The minimum absolute atomic E-state index is 0.0992. The Labute approximate surface area is 139 Å². The van der Waals surface area contributed by atoms with Crippen LogP contribution in [-0.4, -0.2) is 45.3 Å². The van der Waals surface area contributed by atoms with Crippen molar-refractivity contribution in [3.63, 3.8) is 0 Å². The number of aliphatic hydroxyl groups is 1. The Kier molecular flexibility index (Phi) is 4.64. The number of aromatic amines is 1. The van der Waals surface area contributed by atoms with Gasteiger partial charge in [-0.3, -0.25) is 14.8 Å². The SMILES string of the molecule is Cc1n[nH]c(C)c1NC(=O)CN1C[C@H](O)C[C@H]1c1ccc(F)cc1. The first-order valence-electron chi connectivity index (χ1n) is 7.93. The molecule has 1 aliphatic rings. The number of amides is 1. The molecule has 2 atom stereocenters. The van der Waals surface area contributed by atoms with Crippen molar-refractivity contribution >= 4 is 11.6 Å². The van der Waals surface area contributed by atoms with Crippen LogP contribution in [0.15, 0.2) is 24.3 Å². The lowest BCUT2D eigenvalue weighted by molar-refractivity contribution is -0.117. The Hall–Kier alpha value is -2.25. The summed E-state index contributed by atoms with van der Waals surface area (Å²) in [5.41, 5.74) is 3.13. The van der Waals surface area contributed by atoms with Crippen LogP contribution in [0.5, 0.6) is 0 Å². The number of nitrogens with zero attached hydrogens (tertiary/aromatic N) is 2. The molecule has 3 N–H and O–H groups in total. The summed E-state index contributed by atoms with van der Waals surface area (Å²) < 4.78 is 13.1. The normalized spacial score (nSPS) is 21.2. The Bertz CT molecular complexity index is 709. The number of anilines is 1. The number of hydrogen-bond acceptors (Lipinski definition) is 4. The molecular weight excluding hydrogens is 311 g/mol. The lowest BCUT2D eigenvalue weighted by Gasteiger charge is -2.23. The van der Waals surface area contributed by atoms with Gasteiger partial charge >= 0.3 is 0 Å². The number of aryl methyl sites for hydroxylation is 2. The van der Waals surface area contributed by atoms with E-state index >= 15 is 0 Å². The van der Waals surface area contributed by atoms with E-state index < -0.39 is 6.10 Å². The van der Waals surface area contributed by atoms with Crippen LogP contribution in [0.2, 0.25) is 0 Å². The highest BCUT2D eigenvalue weighted by molar-refractivity contribution is 5.93. The first-order chi connectivity index (χ1) is 11.4. The van der Waals surface area contributed by atoms with E-state index in [1.807, 2.05) is 18.7 Å². The van der Waals surface area contributed by atoms with Crippen LogP contribution in [-0.2, 0) is 4.79 Å². The van der Waals surface area contributed by atoms with Crippen molar-refractivity contribution in [2.24, 2.45) is 0 Å². The molecule has 7 heteroatoms. The summed E-state index contributed by atoms with van der Waals surface area (Å²) >= 11 is 0. The van der Waals surface area contributed by atoms with E-state index in [1.165, 1.54) is 12.1 Å². The number of likely N-dealkylation sites (tertiary alicyclic amines) is 1. The van der Waals surface area contributed by atoms with E-state index in [1.54, 1.807) is 12.1 Å². The second-order valence-electron chi connectivity index (χ2n) is 6.24. The van der Waals surface area contributed by atoms with Gasteiger partial charge in [-0.05, 0) is 38.0 Å². The van der Waals surface area contributed by atoms with Gasteiger partial charge in [-0.2, -0.15) is 5.10 Å². The van der Waals surface area contributed by atoms with E-state index in [4.69, 9.17) is 0 Å². The fourth-order valence-electron chi connectivity index (χ4n) is 3.18. The summed E-state index contributed by atoms with van der Waals surface area (Å²) in [5.74, 6) is -0.462. The van der Waals surface area contributed by atoms with Crippen molar-refractivity contribution < 1.29 is 14.3 Å². The van der Waals surface area contributed by atoms with Crippen molar-refractivity contribution in [1.29, 1.82) is 0 Å². The number of halogens is 1. The van der Waals surface area contributed by atoms with Gasteiger partial charge in [-0.1, -0.05) is 12.1 Å². The number of rotatable bonds is 4. The second kappa shape index (κ2) is 6.70. The molecule has 0 unspecified atom stereocenters. The second-order valence-corrected chi connectivity index (χ2v) is 6.24. The first kappa shape index (κ1) is 16.6. The minimum Gasteiger partial charge on any atom is -0.392 e. The maximum Gasteiger partial charge on any atom is 0.238 e. The van der Waals surface area contributed by atoms with Crippen LogP contribution in [0.25, 0.3) is 0 Å². The molecule has 24 heavy (non-hydrogen) atoms. The van der Waals surface area contributed by atoms with Crippen LogP contribution in [0, 0.1) is 19.7 Å². The predicted molar refractivity (Wildman–Crippen MR) is 88.0 cm³/mol. The Balaban J connectivity index is 1.70. The number of carbonyl (C=O) groups is 1.